The van der Waals surface area contributed by atoms with Crippen LogP contribution in [-0.2, 0) is 4.79 Å². The number of non-ortho nitro benzene ring substituents is 1. The van der Waals surface area contributed by atoms with E-state index in [-0.39, 0.29) is 16.7 Å². The lowest BCUT2D eigenvalue weighted by Crippen LogP contribution is -2.13. The molecule has 0 aromatic heterocycles. The number of nitrogens with one attached hydrogen (secondary N) is 1. The summed E-state index contributed by atoms with van der Waals surface area (Å²) in [6.07, 6.45) is 0. The molecule has 0 fully saturated rings. The fourth-order valence-electron chi connectivity index (χ4n) is 0.906. The smallest absolute Gasteiger partial charge is 0.271 e. The van der Waals surface area contributed by atoms with Crippen molar-refractivity contribution in [2.75, 3.05) is 10.6 Å². The van der Waals surface area contributed by atoms with Gasteiger partial charge in [-0.25, -0.2) is 4.39 Å². The maximum absolute atomic E-state index is 13.1. The van der Waals surface area contributed by atoms with Gasteiger partial charge in [0.1, 0.15) is 5.82 Å². The Balaban J connectivity index is 3.00. The van der Waals surface area contributed by atoms with E-state index in [0.29, 0.717) is 0 Å². The molecule has 0 atom stereocenters. The molecule has 0 unspecified atom stereocenters. The van der Waals surface area contributed by atoms with E-state index in [9.17, 15) is 19.3 Å². The van der Waals surface area contributed by atoms with Crippen molar-refractivity contribution in [1.29, 1.82) is 0 Å². The molecule has 1 aromatic rings. The monoisotopic (exact) mass is 276 g/mol. The van der Waals surface area contributed by atoms with Gasteiger partial charge in [0.05, 0.1) is 15.9 Å². The first kappa shape index (κ1) is 11.6. The number of rotatable bonds is 3. The minimum absolute atomic E-state index is 0.00483. The summed E-state index contributed by atoms with van der Waals surface area (Å²) in [6.45, 7) is 0. The highest BCUT2D eigenvalue weighted by molar-refractivity contribution is 9.09. The quantitative estimate of drug-likeness (QED) is 0.522. The van der Waals surface area contributed by atoms with Crippen LogP contribution in [0, 0.1) is 15.9 Å². The number of benzene rings is 1. The van der Waals surface area contributed by atoms with E-state index in [1.807, 2.05) is 0 Å². The summed E-state index contributed by atoms with van der Waals surface area (Å²) in [4.78, 5) is 20.6. The van der Waals surface area contributed by atoms with Gasteiger partial charge in [0, 0.05) is 12.1 Å². The molecule has 1 amide bonds. The Kier molecular flexibility index (Phi) is 3.73. The molecule has 0 radical (unpaired) electrons. The van der Waals surface area contributed by atoms with Crippen molar-refractivity contribution in [2.45, 2.75) is 0 Å². The van der Waals surface area contributed by atoms with Gasteiger partial charge in [-0.2, -0.15) is 0 Å². The summed E-state index contributed by atoms with van der Waals surface area (Å²) in [7, 11) is 0. The first-order valence-electron chi connectivity index (χ1n) is 3.84. The third-order valence-corrected chi connectivity index (χ3v) is 2.07. The topological polar surface area (TPSA) is 72.2 Å². The number of nitro benzene ring substituents is 1. The van der Waals surface area contributed by atoms with E-state index in [1.165, 1.54) is 0 Å². The van der Waals surface area contributed by atoms with Gasteiger partial charge in [-0.05, 0) is 6.07 Å². The van der Waals surface area contributed by atoms with E-state index in [2.05, 4.69) is 21.2 Å². The van der Waals surface area contributed by atoms with E-state index in [4.69, 9.17) is 0 Å². The van der Waals surface area contributed by atoms with Crippen LogP contribution in [0.3, 0.4) is 0 Å². The maximum Gasteiger partial charge on any atom is 0.271 e. The molecule has 15 heavy (non-hydrogen) atoms. The van der Waals surface area contributed by atoms with Gasteiger partial charge in [0.2, 0.25) is 5.91 Å². The van der Waals surface area contributed by atoms with Crippen LogP contribution in [0.25, 0.3) is 0 Å². The summed E-state index contributed by atoms with van der Waals surface area (Å²) in [5, 5.41) is 12.6. The number of hydrogen-bond acceptors (Lipinski definition) is 3. The van der Waals surface area contributed by atoms with Crippen LogP contribution in [0.5, 0.6) is 0 Å². The highest BCUT2D eigenvalue weighted by atomic mass is 79.9. The van der Waals surface area contributed by atoms with Crippen molar-refractivity contribution >= 4 is 33.2 Å². The number of nitro groups is 1. The van der Waals surface area contributed by atoms with Crippen LogP contribution < -0.4 is 5.32 Å². The molecule has 0 heterocycles. The van der Waals surface area contributed by atoms with Crippen molar-refractivity contribution in [2.24, 2.45) is 0 Å². The molecule has 7 heteroatoms. The Morgan fingerprint density at radius 3 is 2.80 bits per heavy atom. The molecule has 80 valence electrons. The molecule has 0 aliphatic heterocycles. The highest BCUT2D eigenvalue weighted by Gasteiger charge is 2.12. The van der Waals surface area contributed by atoms with E-state index in [1.54, 1.807) is 0 Å². The number of halogens is 2. The largest absolute Gasteiger partial charge is 0.323 e. The van der Waals surface area contributed by atoms with Crippen LogP contribution in [0.4, 0.5) is 15.8 Å². The Labute approximate surface area is 92.6 Å². The summed E-state index contributed by atoms with van der Waals surface area (Å²) < 4.78 is 13.1. The average molecular weight is 277 g/mol. The van der Waals surface area contributed by atoms with E-state index >= 15 is 0 Å². The number of carbonyl (C=O) groups excluding carboxylic acids is 1. The lowest BCUT2D eigenvalue weighted by atomic mass is 10.2. The van der Waals surface area contributed by atoms with Crippen molar-refractivity contribution in [3.63, 3.8) is 0 Å². The number of hydrogen-bond donors (Lipinski definition) is 1. The van der Waals surface area contributed by atoms with Crippen LogP contribution in [-0.4, -0.2) is 16.2 Å². The average Bonchev–Trinajstić information content (AvgIpc) is 2.20. The SMILES string of the molecule is O=C(CBr)Nc1cc([N+](=O)[O-])ccc1F. The van der Waals surface area contributed by atoms with Crippen molar-refractivity contribution in [3.8, 4) is 0 Å². The molecule has 5 nitrogen and oxygen atoms in total. The lowest BCUT2D eigenvalue weighted by Gasteiger charge is -2.03. The highest BCUT2D eigenvalue weighted by Crippen LogP contribution is 2.21. The summed E-state index contributed by atoms with van der Waals surface area (Å²) in [6, 6.07) is 2.93. The molecule has 0 bridgehead atoms. The van der Waals surface area contributed by atoms with Crippen LogP contribution in [0.1, 0.15) is 0 Å². The zero-order chi connectivity index (χ0) is 11.4. The van der Waals surface area contributed by atoms with Crippen LogP contribution >= 0.6 is 15.9 Å². The molecule has 1 rings (SSSR count). The van der Waals surface area contributed by atoms with Gasteiger partial charge in [-0.3, -0.25) is 14.9 Å². The predicted molar refractivity (Wildman–Crippen MR) is 55.5 cm³/mol. The van der Waals surface area contributed by atoms with Gasteiger partial charge in [0.25, 0.3) is 5.69 Å². The third-order valence-electron chi connectivity index (χ3n) is 1.56. The van der Waals surface area contributed by atoms with Crippen molar-refractivity contribution < 1.29 is 14.1 Å². The number of amides is 1. The second-order valence-corrected chi connectivity index (χ2v) is 3.16. The molecule has 0 aliphatic rings. The normalized spacial score (nSPS) is 9.73. The molecular formula is C8H6BrFN2O3. The van der Waals surface area contributed by atoms with Gasteiger partial charge in [0.15, 0.2) is 0 Å². The molecule has 0 spiro atoms. The van der Waals surface area contributed by atoms with Gasteiger partial charge in [-0.15, -0.1) is 0 Å². The third kappa shape index (κ3) is 2.98. The standard InChI is InChI=1S/C8H6BrFN2O3/c9-4-8(13)11-7-3-5(12(14)15)1-2-6(7)10/h1-3H,4H2,(H,11,13). The molecule has 1 aromatic carbocycles. The second kappa shape index (κ2) is 4.83. The van der Waals surface area contributed by atoms with Crippen molar-refractivity contribution in [1.82, 2.24) is 0 Å². The summed E-state index contributed by atoms with van der Waals surface area (Å²) >= 11 is 2.88. The minimum Gasteiger partial charge on any atom is -0.323 e. The van der Waals surface area contributed by atoms with Crippen molar-refractivity contribution in [3.05, 3.63) is 34.1 Å². The molecule has 1 N–H and O–H groups in total. The number of anilines is 1. The Morgan fingerprint density at radius 2 is 2.27 bits per heavy atom. The Morgan fingerprint density at radius 1 is 1.60 bits per heavy atom. The molecular weight excluding hydrogens is 271 g/mol. The predicted octanol–water partition coefficient (Wildman–Crippen LogP) is 2.07. The van der Waals surface area contributed by atoms with E-state index in [0.717, 1.165) is 18.2 Å². The maximum atomic E-state index is 13.1. The Bertz CT molecular complexity index is 411. The summed E-state index contributed by atoms with van der Waals surface area (Å²) in [5.74, 6) is -1.19. The fourth-order valence-corrected chi connectivity index (χ4v) is 1.05. The first-order chi connectivity index (χ1) is 7.04. The molecule has 0 aliphatic carbocycles. The van der Waals surface area contributed by atoms with Gasteiger partial charge < -0.3 is 5.32 Å². The van der Waals surface area contributed by atoms with E-state index < -0.39 is 16.6 Å². The molecule has 0 saturated heterocycles. The van der Waals surface area contributed by atoms with Gasteiger partial charge in [-0.1, -0.05) is 15.9 Å². The fraction of sp³-hybridized carbons (Fsp3) is 0.125. The van der Waals surface area contributed by atoms with Crippen LogP contribution in [0.2, 0.25) is 0 Å². The van der Waals surface area contributed by atoms with Crippen LogP contribution in [0.15, 0.2) is 18.2 Å². The zero-order valence-corrected chi connectivity index (χ0v) is 8.95. The summed E-state index contributed by atoms with van der Waals surface area (Å²) in [5.41, 5.74) is -0.477. The lowest BCUT2D eigenvalue weighted by molar-refractivity contribution is -0.384. The number of alkyl halides is 1. The van der Waals surface area contributed by atoms with Gasteiger partial charge >= 0.3 is 0 Å². The molecule has 0 saturated carbocycles. The second-order valence-electron chi connectivity index (χ2n) is 2.60. The first-order valence-corrected chi connectivity index (χ1v) is 4.96. The number of nitrogens with zero attached hydrogens (tertiary/aromatic N) is 1. The Hall–Kier alpha value is -1.50. The zero-order valence-electron chi connectivity index (χ0n) is 7.37. The minimum atomic E-state index is -0.713. The number of carbonyl (C=O) groups is 1.